The fourth-order valence-electron chi connectivity index (χ4n) is 2.13. The lowest BCUT2D eigenvalue weighted by Crippen LogP contribution is -2.29. The molecule has 0 radical (unpaired) electrons. The molecule has 2 rings (SSSR count). The van der Waals surface area contributed by atoms with Crippen molar-refractivity contribution in [3.63, 3.8) is 0 Å². The molecule has 0 aliphatic heterocycles. The van der Waals surface area contributed by atoms with Crippen LogP contribution in [0, 0.1) is 5.82 Å². The molecule has 0 aliphatic rings. The fraction of sp³-hybridized carbons (Fsp3) is 0.250. The van der Waals surface area contributed by atoms with Crippen LogP contribution in [-0.2, 0) is 6.42 Å². The van der Waals surface area contributed by atoms with Crippen molar-refractivity contribution in [1.29, 1.82) is 0 Å². The Bertz CT molecular complexity index is 542. The average molecular weight is 278 g/mol. The van der Waals surface area contributed by atoms with Crippen molar-refractivity contribution >= 4 is 11.6 Å². The zero-order valence-corrected chi connectivity index (χ0v) is 11.6. The molecule has 2 aromatic carbocycles. The molecule has 2 atom stereocenters. The second-order valence-corrected chi connectivity index (χ2v) is 5.21. The molecule has 0 heterocycles. The van der Waals surface area contributed by atoms with Crippen molar-refractivity contribution in [2.45, 2.75) is 25.3 Å². The predicted molar refractivity (Wildman–Crippen MR) is 77.9 cm³/mol. The van der Waals surface area contributed by atoms with Gasteiger partial charge in [0, 0.05) is 11.1 Å². The maximum Gasteiger partial charge on any atom is 0.123 e. The molecule has 0 aromatic heterocycles. The van der Waals surface area contributed by atoms with Crippen molar-refractivity contribution < 1.29 is 4.39 Å². The van der Waals surface area contributed by atoms with E-state index >= 15 is 0 Å². The van der Waals surface area contributed by atoms with Crippen LogP contribution in [0.1, 0.15) is 24.0 Å². The third-order valence-electron chi connectivity index (χ3n) is 3.43. The lowest BCUT2D eigenvalue weighted by molar-refractivity contribution is 0.560. The van der Waals surface area contributed by atoms with Crippen LogP contribution in [0.2, 0.25) is 5.02 Å². The third-order valence-corrected chi connectivity index (χ3v) is 3.80. The summed E-state index contributed by atoms with van der Waals surface area (Å²) in [5.41, 5.74) is 8.16. The molecule has 2 unspecified atom stereocenters. The Morgan fingerprint density at radius 1 is 1.16 bits per heavy atom. The van der Waals surface area contributed by atoms with Crippen LogP contribution in [0.15, 0.2) is 48.5 Å². The topological polar surface area (TPSA) is 26.0 Å². The van der Waals surface area contributed by atoms with Gasteiger partial charge in [-0.1, -0.05) is 48.9 Å². The van der Waals surface area contributed by atoms with Gasteiger partial charge in [-0.3, -0.25) is 0 Å². The summed E-state index contributed by atoms with van der Waals surface area (Å²) in [5, 5.41) is 0.567. The maximum atomic E-state index is 13.2. The Balaban J connectivity index is 2.12. The largest absolute Gasteiger partial charge is 0.327 e. The first-order valence-electron chi connectivity index (χ1n) is 6.32. The van der Waals surface area contributed by atoms with Gasteiger partial charge >= 0.3 is 0 Å². The van der Waals surface area contributed by atoms with Crippen molar-refractivity contribution in [3.05, 3.63) is 70.5 Å². The van der Waals surface area contributed by atoms with Gasteiger partial charge in [0.05, 0.1) is 0 Å². The number of hydrogen-bond acceptors (Lipinski definition) is 1. The minimum absolute atomic E-state index is 0.0956. The highest BCUT2D eigenvalue weighted by atomic mass is 35.5. The number of hydrogen-bond donors (Lipinski definition) is 1. The SMILES string of the molecule is CC(c1ccccc1)C(N)Cc1cc(F)ccc1Cl. The van der Waals surface area contributed by atoms with Crippen LogP contribution in [0.5, 0.6) is 0 Å². The molecule has 19 heavy (non-hydrogen) atoms. The Kier molecular flexibility index (Phi) is 4.56. The fourth-order valence-corrected chi connectivity index (χ4v) is 2.33. The number of halogens is 2. The normalized spacial score (nSPS) is 14.1. The van der Waals surface area contributed by atoms with E-state index in [-0.39, 0.29) is 17.8 Å². The van der Waals surface area contributed by atoms with Gasteiger partial charge in [0.1, 0.15) is 5.82 Å². The number of benzene rings is 2. The first-order chi connectivity index (χ1) is 9.08. The van der Waals surface area contributed by atoms with Crippen molar-refractivity contribution in [1.82, 2.24) is 0 Å². The van der Waals surface area contributed by atoms with Crippen LogP contribution in [0.3, 0.4) is 0 Å². The molecule has 100 valence electrons. The van der Waals surface area contributed by atoms with Gasteiger partial charge in [-0.2, -0.15) is 0 Å². The average Bonchev–Trinajstić information content (AvgIpc) is 2.43. The van der Waals surface area contributed by atoms with Crippen LogP contribution >= 0.6 is 11.6 Å². The molecule has 0 saturated heterocycles. The van der Waals surface area contributed by atoms with E-state index in [9.17, 15) is 4.39 Å². The molecule has 0 aliphatic carbocycles. The molecule has 0 amide bonds. The van der Waals surface area contributed by atoms with Crippen molar-refractivity contribution in [3.8, 4) is 0 Å². The first-order valence-corrected chi connectivity index (χ1v) is 6.70. The van der Waals surface area contributed by atoms with Gasteiger partial charge in [0.2, 0.25) is 0 Å². The molecular weight excluding hydrogens is 261 g/mol. The summed E-state index contributed by atoms with van der Waals surface area (Å²) in [6.07, 6.45) is 0.562. The number of nitrogens with two attached hydrogens (primary N) is 1. The Morgan fingerprint density at radius 2 is 1.84 bits per heavy atom. The van der Waals surface area contributed by atoms with E-state index in [0.29, 0.717) is 11.4 Å². The summed E-state index contributed by atoms with van der Waals surface area (Å²) < 4.78 is 13.2. The zero-order chi connectivity index (χ0) is 13.8. The van der Waals surface area contributed by atoms with E-state index < -0.39 is 0 Å². The minimum atomic E-state index is -0.279. The van der Waals surface area contributed by atoms with E-state index in [2.05, 4.69) is 19.1 Å². The maximum absolute atomic E-state index is 13.2. The quantitative estimate of drug-likeness (QED) is 0.892. The molecule has 1 nitrogen and oxygen atoms in total. The molecule has 0 saturated carbocycles. The van der Waals surface area contributed by atoms with E-state index in [0.717, 1.165) is 5.56 Å². The van der Waals surface area contributed by atoms with Gasteiger partial charge in [0.25, 0.3) is 0 Å². The summed E-state index contributed by atoms with van der Waals surface area (Å²) in [6.45, 7) is 2.08. The van der Waals surface area contributed by atoms with Crippen LogP contribution < -0.4 is 5.73 Å². The summed E-state index contributed by atoms with van der Waals surface area (Å²) >= 11 is 6.07. The highest BCUT2D eigenvalue weighted by Crippen LogP contribution is 2.24. The molecule has 2 aromatic rings. The minimum Gasteiger partial charge on any atom is -0.327 e. The predicted octanol–water partition coefficient (Wildman–Crippen LogP) is 4.15. The van der Waals surface area contributed by atoms with Gasteiger partial charge in [-0.15, -0.1) is 0 Å². The lowest BCUT2D eigenvalue weighted by atomic mass is 9.90. The van der Waals surface area contributed by atoms with Gasteiger partial charge in [0.15, 0.2) is 0 Å². The van der Waals surface area contributed by atoms with E-state index in [1.54, 1.807) is 6.07 Å². The molecule has 0 spiro atoms. The Labute approximate surface area is 118 Å². The Hall–Kier alpha value is -1.38. The summed E-state index contributed by atoms with van der Waals surface area (Å²) in [6, 6.07) is 14.4. The lowest BCUT2D eigenvalue weighted by Gasteiger charge is -2.21. The van der Waals surface area contributed by atoms with Crippen molar-refractivity contribution in [2.24, 2.45) is 5.73 Å². The van der Waals surface area contributed by atoms with Gasteiger partial charge in [-0.25, -0.2) is 4.39 Å². The van der Waals surface area contributed by atoms with Gasteiger partial charge in [-0.05, 0) is 41.7 Å². The summed E-state index contributed by atoms with van der Waals surface area (Å²) in [5.74, 6) is -0.0838. The first kappa shape index (κ1) is 14.0. The highest BCUT2D eigenvalue weighted by molar-refractivity contribution is 6.31. The standard InChI is InChI=1S/C16H17ClFN/c1-11(12-5-3-2-4-6-12)16(19)10-13-9-14(18)7-8-15(13)17/h2-9,11,16H,10,19H2,1H3. The van der Waals surface area contributed by atoms with E-state index in [4.69, 9.17) is 17.3 Å². The van der Waals surface area contributed by atoms with E-state index in [1.165, 1.54) is 17.7 Å². The van der Waals surface area contributed by atoms with E-state index in [1.807, 2.05) is 18.2 Å². The molecule has 0 bridgehead atoms. The highest BCUT2D eigenvalue weighted by Gasteiger charge is 2.16. The second kappa shape index (κ2) is 6.18. The second-order valence-electron chi connectivity index (χ2n) is 4.80. The molecule has 3 heteroatoms. The molecular formula is C16H17ClFN. The summed E-state index contributed by atoms with van der Waals surface area (Å²) in [7, 11) is 0. The zero-order valence-electron chi connectivity index (χ0n) is 10.8. The summed E-state index contributed by atoms with van der Waals surface area (Å²) in [4.78, 5) is 0. The Morgan fingerprint density at radius 3 is 2.53 bits per heavy atom. The van der Waals surface area contributed by atoms with Crippen LogP contribution in [0.25, 0.3) is 0 Å². The van der Waals surface area contributed by atoms with Crippen LogP contribution in [-0.4, -0.2) is 6.04 Å². The third kappa shape index (κ3) is 3.55. The van der Waals surface area contributed by atoms with Crippen molar-refractivity contribution in [2.75, 3.05) is 0 Å². The number of rotatable bonds is 4. The smallest absolute Gasteiger partial charge is 0.123 e. The molecule has 0 fully saturated rings. The molecule has 2 N–H and O–H groups in total. The van der Waals surface area contributed by atoms with Crippen LogP contribution in [0.4, 0.5) is 4.39 Å². The monoisotopic (exact) mass is 277 g/mol. The van der Waals surface area contributed by atoms with Gasteiger partial charge < -0.3 is 5.73 Å².